The minimum absolute atomic E-state index is 0.0195. The lowest BCUT2D eigenvalue weighted by atomic mass is 10.0. The monoisotopic (exact) mass is 428 g/mol. The summed E-state index contributed by atoms with van der Waals surface area (Å²) in [6.07, 6.45) is 0.986. The molecule has 158 valence electrons. The van der Waals surface area contributed by atoms with Crippen LogP contribution in [-0.4, -0.2) is 41.2 Å². The third-order valence-electron chi connectivity index (χ3n) is 5.15. The summed E-state index contributed by atoms with van der Waals surface area (Å²) in [6, 6.07) is 14.2. The van der Waals surface area contributed by atoms with Gasteiger partial charge in [0.05, 0.1) is 23.0 Å². The first kappa shape index (κ1) is 22.0. The van der Waals surface area contributed by atoms with E-state index < -0.39 is 0 Å². The number of nitrogens with one attached hydrogen (secondary N) is 1. The van der Waals surface area contributed by atoms with Gasteiger partial charge in [-0.25, -0.2) is 9.07 Å². The molecule has 1 heterocycles. The van der Waals surface area contributed by atoms with E-state index in [1.165, 1.54) is 22.4 Å². The molecule has 0 radical (unpaired) electrons. The highest BCUT2D eigenvalue weighted by molar-refractivity contribution is 6.33. The van der Waals surface area contributed by atoms with Crippen molar-refractivity contribution in [2.24, 2.45) is 0 Å². The van der Waals surface area contributed by atoms with Crippen LogP contribution in [0.15, 0.2) is 48.5 Å². The number of amides is 1. The van der Waals surface area contributed by atoms with E-state index >= 15 is 0 Å². The van der Waals surface area contributed by atoms with E-state index in [1.54, 1.807) is 19.1 Å². The summed E-state index contributed by atoms with van der Waals surface area (Å²) in [5, 5.41) is 7.55. The number of halogens is 2. The number of nitrogens with zero attached hydrogens (tertiary/aromatic N) is 3. The van der Waals surface area contributed by atoms with Crippen LogP contribution in [0.5, 0.6) is 0 Å². The van der Waals surface area contributed by atoms with Crippen molar-refractivity contribution in [2.75, 3.05) is 20.6 Å². The number of benzene rings is 2. The molecule has 1 N–H and O–H groups in total. The lowest BCUT2D eigenvalue weighted by molar-refractivity contribution is 0.0941. The summed E-state index contributed by atoms with van der Waals surface area (Å²) in [5.74, 6) is -0.638. The fraction of sp³-hybridized carbons (Fsp3) is 0.304. The van der Waals surface area contributed by atoms with Crippen molar-refractivity contribution in [3.8, 4) is 5.69 Å². The molecule has 1 aromatic heterocycles. The molecule has 1 amide bonds. The first-order valence-corrected chi connectivity index (χ1v) is 10.2. The number of aryl methyl sites for hydroxylation is 2. The van der Waals surface area contributed by atoms with Crippen molar-refractivity contribution in [3.63, 3.8) is 0 Å². The van der Waals surface area contributed by atoms with Gasteiger partial charge in [0, 0.05) is 6.54 Å². The van der Waals surface area contributed by atoms with E-state index in [-0.39, 0.29) is 22.9 Å². The predicted octanol–water partition coefficient (Wildman–Crippen LogP) is 4.57. The highest BCUT2D eigenvalue weighted by Crippen LogP contribution is 2.24. The molecule has 0 aliphatic rings. The molecule has 0 bridgehead atoms. The Hall–Kier alpha value is -2.70. The summed E-state index contributed by atoms with van der Waals surface area (Å²) < 4.78 is 14.7. The molecule has 30 heavy (non-hydrogen) atoms. The van der Waals surface area contributed by atoms with Crippen molar-refractivity contribution in [1.29, 1.82) is 0 Å². The Morgan fingerprint density at radius 3 is 2.37 bits per heavy atom. The van der Waals surface area contributed by atoms with Crippen LogP contribution in [0, 0.1) is 12.7 Å². The zero-order valence-electron chi connectivity index (χ0n) is 17.6. The van der Waals surface area contributed by atoms with E-state index in [0.29, 0.717) is 23.5 Å². The molecule has 1 atom stereocenters. The van der Waals surface area contributed by atoms with E-state index in [9.17, 15) is 9.18 Å². The van der Waals surface area contributed by atoms with Crippen LogP contribution in [0.25, 0.3) is 5.69 Å². The molecule has 2 aromatic carbocycles. The number of carbonyl (C=O) groups is 1. The predicted molar refractivity (Wildman–Crippen MR) is 118 cm³/mol. The second-order valence-electron chi connectivity index (χ2n) is 7.42. The van der Waals surface area contributed by atoms with Gasteiger partial charge in [-0.3, -0.25) is 4.79 Å². The van der Waals surface area contributed by atoms with Crippen molar-refractivity contribution < 1.29 is 9.18 Å². The zero-order valence-corrected chi connectivity index (χ0v) is 18.4. The van der Waals surface area contributed by atoms with E-state index in [1.807, 2.05) is 14.1 Å². The molecular formula is C23H26ClFN4O. The molecule has 0 saturated heterocycles. The largest absolute Gasteiger partial charge is 0.350 e. The molecular weight excluding hydrogens is 403 g/mol. The van der Waals surface area contributed by atoms with Gasteiger partial charge >= 0.3 is 0 Å². The summed E-state index contributed by atoms with van der Waals surface area (Å²) >= 11 is 6.46. The fourth-order valence-corrected chi connectivity index (χ4v) is 3.72. The molecule has 7 heteroatoms. The average molecular weight is 429 g/mol. The lowest BCUT2D eigenvalue weighted by Crippen LogP contribution is -2.34. The summed E-state index contributed by atoms with van der Waals surface area (Å²) in [5.41, 5.74) is 3.82. The number of likely N-dealkylation sites (N-methyl/N-ethyl adjacent to an activating group) is 1. The number of hydrogen-bond donors (Lipinski definition) is 1. The molecule has 0 saturated carbocycles. The van der Waals surface area contributed by atoms with Crippen LogP contribution in [0.3, 0.4) is 0 Å². The molecule has 3 aromatic rings. The van der Waals surface area contributed by atoms with E-state index in [4.69, 9.17) is 11.6 Å². The van der Waals surface area contributed by atoms with E-state index in [2.05, 4.69) is 46.5 Å². The maximum atomic E-state index is 13.2. The quantitative estimate of drug-likeness (QED) is 0.599. The second kappa shape index (κ2) is 9.41. The van der Waals surface area contributed by atoms with Gasteiger partial charge < -0.3 is 10.2 Å². The minimum Gasteiger partial charge on any atom is -0.350 e. The van der Waals surface area contributed by atoms with Crippen LogP contribution < -0.4 is 5.32 Å². The Morgan fingerprint density at radius 1 is 1.17 bits per heavy atom. The third kappa shape index (κ3) is 4.71. The van der Waals surface area contributed by atoms with Gasteiger partial charge in [-0.1, -0.05) is 42.8 Å². The SMILES string of the molecule is CCc1ccc(C(CNC(=O)c2c(C)nn(-c3ccc(F)cc3)c2Cl)N(C)C)cc1. The van der Waals surface area contributed by atoms with Crippen molar-refractivity contribution in [2.45, 2.75) is 26.3 Å². The minimum atomic E-state index is -0.349. The maximum absolute atomic E-state index is 13.2. The summed E-state index contributed by atoms with van der Waals surface area (Å²) in [4.78, 5) is 15.0. The second-order valence-corrected chi connectivity index (χ2v) is 7.78. The van der Waals surface area contributed by atoms with Crippen molar-refractivity contribution in [3.05, 3.63) is 81.9 Å². The Bertz CT molecular complexity index is 1010. The number of rotatable bonds is 7. The molecule has 1 unspecified atom stereocenters. The van der Waals surface area contributed by atoms with Gasteiger partial charge in [0.2, 0.25) is 0 Å². The summed E-state index contributed by atoms with van der Waals surface area (Å²) in [7, 11) is 3.96. The van der Waals surface area contributed by atoms with Gasteiger partial charge in [-0.05, 0) is 62.8 Å². The lowest BCUT2D eigenvalue weighted by Gasteiger charge is -2.25. The maximum Gasteiger partial charge on any atom is 0.256 e. The van der Waals surface area contributed by atoms with Crippen LogP contribution in [0.2, 0.25) is 5.15 Å². The normalized spacial score (nSPS) is 12.2. The molecule has 0 aliphatic heterocycles. The average Bonchev–Trinajstić information content (AvgIpc) is 3.03. The van der Waals surface area contributed by atoms with Gasteiger partial charge in [0.1, 0.15) is 11.0 Å². The van der Waals surface area contributed by atoms with Gasteiger partial charge in [0.15, 0.2) is 0 Å². The van der Waals surface area contributed by atoms with Crippen LogP contribution in [0.4, 0.5) is 4.39 Å². The first-order valence-electron chi connectivity index (χ1n) is 9.86. The zero-order chi connectivity index (χ0) is 21.8. The van der Waals surface area contributed by atoms with Gasteiger partial charge in [-0.2, -0.15) is 5.10 Å². The van der Waals surface area contributed by atoms with Gasteiger partial charge in [-0.15, -0.1) is 0 Å². The van der Waals surface area contributed by atoms with E-state index in [0.717, 1.165) is 12.0 Å². The Morgan fingerprint density at radius 2 is 1.80 bits per heavy atom. The van der Waals surface area contributed by atoms with Crippen molar-refractivity contribution >= 4 is 17.5 Å². The smallest absolute Gasteiger partial charge is 0.256 e. The summed E-state index contributed by atoms with van der Waals surface area (Å²) in [6.45, 7) is 4.28. The van der Waals surface area contributed by atoms with Crippen LogP contribution in [-0.2, 0) is 6.42 Å². The van der Waals surface area contributed by atoms with Crippen LogP contribution in [0.1, 0.15) is 40.1 Å². The fourth-order valence-electron chi connectivity index (χ4n) is 3.36. The third-order valence-corrected chi connectivity index (χ3v) is 5.50. The van der Waals surface area contributed by atoms with Gasteiger partial charge in [0.25, 0.3) is 5.91 Å². The highest BCUT2D eigenvalue weighted by Gasteiger charge is 2.23. The molecule has 0 fully saturated rings. The number of aromatic nitrogens is 2. The Labute approximate surface area is 181 Å². The number of carbonyl (C=O) groups excluding carboxylic acids is 1. The molecule has 3 rings (SSSR count). The Balaban J connectivity index is 1.78. The van der Waals surface area contributed by atoms with Crippen molar-refractivity contribution in [1.82, 2.24) is 20.0 Å². The number of hydrogen-bond acceptors (Lipinski definition) is 3. The standard InChI is InChI=1S/C23H26ClFN4O/c1-5-16-6-8-17(9-7-16)20(28(3)4)14-26-23(30)21-15(2)27-29(22(21)24)19-12-10-18(25)11-13-19/h6-13,20H,5,14H2,1-4H3,(H,26,30). The highest BCUT2D eigenvalue weighted by atomic mass is 35.5. The topological polar surface area (TPSA) is 50.2 Å². The Kier molecular flexibility index (Phi) is 6.90. The molecule has 0 spiro atoms. The van der Waals surface area contributed by atoms with Crippen LogP contribution >= 0.6 is 11.6 Å². The first-order chi connectivity index (χ1) is 14.3. The molecule has 5 nitrogen and oxygen atoms in total. The molecule has 0 aliphatic carbocycles.